The van der Waals surface area contributed by atoms with Crippen LogP contribution >= 0.6 is 0 Å². The van der Waals surface area contributed by atoms with Gasteiger partial charge in [0.05, 0.1) is 17.0 Å². The van der Waals surface area contributed by atoms with Crippen LogP contribution in [-0.4, -0.2) is 39.7 Å². The number of hydrogen-bond acceptors (Lipinski definition) is 6. The van der Waals surface area contributed by atoms with E-state index in [0.717, 1.165) is 10.6 Å². The molecule has 136 valence electrons. The second kappa shape index (κ2) is 7.28. The highest BCUT2D eigenvalue weighted by Gasteiger charge is 2.38. The minimum Gasteiger partial charge on any atom is -0.478 e. The first kappa shape index (κ1) is 18.1. The molecule has 0 saturated carbocycles. The van der Waals surface area contributed by atoms with Crippen molar-refractivity contribution in [3.05, 3.63) is 65.2 Å². The molecule has 1 aliphatic heterocycles. The van der Waals surface area contributed by atoms with E-state index in [9.17, 15) is 19.5 Å². The van der Waals surface area contributed by atoms with Gasteiger partial charge in [-0.3, -0.25) is 9.59 Å². The third kappa shape index (κ3) is 3.64. The Morgan fingerprint density at radius 3 is 2.41 bits per heavy atom. The molecule has 1 N–H and O–H groups in total. The molecule has 3 rings (SSSR count). The predicted molar refractivity (Wildman–Crippen MR) is 97.2 cm³/mol. The van der Waals surface area contributed by atoms with Gasteiger partial charge in [0.25, 0.3) is 11.8 Å². The van der Waals surface area contributed by atoms with Crippen molar-refractivity contribution in [3.63, 3.8) is 0 Å². The SMILES string of the molecule is CC1=NN(C(=O)c2ccc(C)cc2)C(=O)C1N=Nc1ccccc1C(=O)O. The molecule has 2 aromatic carbocycles. The van der Waals surface area contributed by atoms with Gasteiger partial charge in [0.15, 0.2) is 6.04 Å². The van der Waals surface area contributed by atoms with Crippen LogP contribution in [0.15, 0.2) is 63.9 Å². The minimum atomic E-state index is -1.15. The van der Waals surface area contributed by atoms with Crippen molar-refractivity contribution in [1.29, 1.82) is 0 Å². The Bertz CT molecular complexity index is 979. The summed E-state index contributed by atoms with van der Waals surface area (Å²) in [5.41, 5.74) is 1.71. The molecule has 2 amide bonds. The zero-order chi connectivity index (χ0) is 19.6. The second-order valence-corrected chi connectivity index (χ2v) is 6.00. The van der Waals surface area contributed by atoms with Gasteiger partial charge in [-0.2, -0.15) is 20.3 Å². The van der Waals surface area contributed by atoms with Crippen LogP contribution < -0.4 is 0 Å². The number of hydrogen-bond donors (Lipinski definition) is 1. The second-order valence-electron chi connectivity index (χ2n) is 6.00. The third-order valence-corrected chi connectivity index (χ3v) is 4.00. The molecule has 8 heteroatoms. The summed E-state index contributed by atoms with van der Waals surface area (Å²) >= 11 is 0. The molecule has 8 nitrogen and oxygen atoms in total. The number of nitrogens with zero attached hydrogens (tertiary/aromatic N) is 4. The van der Waals surface area contributed by atoms with E-state index in [2.05, 4.69) is 15.3 Å². The van der Waals surface area contributed by atoms with Gasteiger partial charge in [-0.15, -0.1) is 0 Å². The number of carbonyl (C=O) groups is 3. The molecule has 0 radical (unpaired) electrons. The molecular weight excluding hydrogens is 348 g/mol. The van der Waals surface area contributed by atoms with E-state index in [4.69, 9.17) is 0 Å². The number of rotatable bonds is 4. The number of carboxylic acids is 1. The number of carboxylic acid groups (broad SMARTS) is 1. The van der Waals surface area contributed by atoms with E-state index in [0.29, 0.717) is 11.3 Å². The third-order valence-electron chi connectivity index (χ3n) is 4.00. The van der Waals surface area contributed by atoms with Crippen molar-refractivity contribution in [3.8, 4) is 0 Å². The van der Waals surface area contributed by atoms with Gasteiger partial charge in [0.2, 0.25) is 0 Å². The molecule has 1 atom stereocenters. The van der Waals surface area contributed by atoms with Crippen molar-refractivity contribution in [2.24, 2.45) is 15.3 Å². The average Bonchev–Trinajstić information content (AvgIpc) is 2.94. The number of amides is 2. The Morgan fingerprint density at radius 1 is 1.07 bits per heavy atom. The number of aromatic carboxylic acids is 1. The average molecular weight is 364 g/mol. The van der Waals surface area contributed by atoms with Crippen LogP contribution in [0.25, 0.3) is 0 Å². The zero-order valence-electron chi connectivity index (χ0n) is 14.7. The fourth-order valence-corrected chi connectivity index (χ4v) is 2.51. The lowest BCUT2D eigenvalue weighted by atomic mass is 10.1. The summed E-state index contributed by atoms with van der Waals surface area (Å²) in [6.45, 7) is 3.45. The smallest absolute Gasteiger partial charge is 0.337 e. The van der Waals surface area contributed by atoms with Gasteiger partial charge >= 0.3 is 5.97 Å². The molecule has 0 aliphatic carbocycles. The summed E-state index contributed by atoms with van der Waals surface area (Å²) in [4.78, 5) is 36.3. The van der Waals surface area contributed by atoms with Gasteiger partial charge in [0.1, 0.15) is 0 Å². The molecule has 0 saturated heterocycles. The Morgan fingerprint density at radius 2 is 1.74 bits per heavy atom. The predicted octanol–water partition coefficient (Wildman–Crippen LogP) is 3.20. The Hall–Kier alpha value is -3.68. The monoisotopic (exact) mass is 364 g/mol. The van der Waals surface area contributed by atoms with Crippen molar-refractivity contribution >= 4 is 29.2 Å². The highest BCUT2D eigenvalue weighted by molar-refractivity contribution is 6.18. The maximum absolute atomic E-state index is 12.6. The number of aryl methyl sites for hydroxylation is 1. The molecule has 0 aromatic heterocycles. The molecular formula is C19H16N4O4. The fourth-order valence-electron chi connectivity index (χ4n) is 2.51. The topological polar surface area (TPSA) is 112 Å². The number of benzene rings is 2. The van der Waals surface area contributed by atoms with Crippen LogP contribution in [0.4, 0.5) is 5.69 Å². The van der Waals surface area contributed by atoms with Crippen LogP contribution in [0.1, 0.15) is 33.2 Å². The van der Waals surface area contributed by atoms with Gasteiger partial charge in [-0.25, -0.2) is 4.79 Å². The van der Waals surface area contributed by atoms with E-state index >= 15 is 0 Å². The van der Waals surface area contributed by atoms with Crippen LogP contribution in [0.5, 0.6) is 0 Å². The summed E-state index contributed by atoms with van der Waals surface area (Å²) in [6, 6.07) is 11.8. The van der Waals surface area contributed by atoms with Gasteiger partial charge in [0, 0.05) is 5.56 Å². The molecule has 27 heavy (non-hydrogen) atoms. The van der Waals surface area contributed by atoms with Gasteiger partial charge in [-0.1, -0.05) is 29.8 Å². The highest BCUT2D eigenvalue weighted by atomic mass is 16.4. The molecule has 0 fully saturated rings. The van der Waals surface area contributed by atoms with Crippen molar-refractivity contribution in [1.82, 2.24) is 5.01 Å². The highest BCUT2D eigenvalue weighted by Crippen LogP contribution is 2.22. The summed E-state index contributed by atoms with van der Waals surface area (Å²) in [5, 5.41) is 21.8. The van der Waals surface area contributed by atoms with E-state index in [1.165, 1.54) is 12.1 Å². The van der Waals surface area contributed by atoms with E-state index in [1.807, 2.05) is 6.92 Å². The molecule has 1 aliphatic rings. The standard InChI is InChI=1S/C19H16N4O4/c1-11-7-9-13(10-8-11)17(24)23-18(25)16(12(2)22-23)21-20-15-6-4-3-5-14(15)19(26)27/h3-10,16H,1-2H3,(H,26,27). The lowest BCUT2D eigenvalue weighted by molar-refractivity contribution is -0.127. The first-order chi connectivity index (χ1) is 12.9. The fraction of sp³-hybridized carbons (Fsp3) is 0.158. The van der Waals surface area contributed by atoms with Crippen molar-refractivity contribution in [2.45, 2.75) is 19.9 Å². The van der Waals surface area contributed by atoms with Crippen molar-refractivity contribution in [2.75, 3.05) is 0 Å². The molecule has 1 heterocycles. The maximum Gasteiger partial charge on any atom is 0.337 e. The lowest BCUT2D eigenvalue weighted by Crippen LogP contribution is -2.34. The van der Waals surface area contributed by atoms with E-state index in [1.54, 1.807) is 43.3 Å². The Balaban J connectivity index is 1.82. The molecule has 0 bridgehead atoms. The summed E-state index contributed by atoms with van der Waals surface area (Å²) < 4.78 is 0. The van der Waals surface area contributed by atoms with Crippen LogP contribution in [-0.2, 0) is 4.79 Å². The summed E-state index contributed by atoms with van der Waals surface area (Å²) in [7, 11) is 0. The normalized spacial score (nSPS) is 16.7. The van der Waals surface area contributed by atoms with Crippen LogP contribution in [0, 0.1) is 6.92 Å². The van der Waals surface area contributed by atoms with Crippen LogP contribution in [0.3, 0.4) is 0 Å². The number of carbonyl (C=O) groups excluding carboxylic acids is 2. The Kier molecular flexibility index (Phi) is 4.89. The lowest BCUT2D eigenvalue weighted by Gasteiger charge is -2.10. The molecule has 2 aromatic rings. The number of azo groups is 1. The number of hydrazone groups is 1. The quantitative estimate of drug-likeness (QED) is 0.663. The maximum atomic E-state index is 12.6. The van der Waals surface area contributed by atoms with Gasteiger partial charge in [-0.05, 0) is 38.1 Å². The number of imide groups is 1. The Labute approximate surface area is 154 Å². The van der Waals surface area contributed by atoms with Gasteiger partial charge < -0.3 is 5.11 Å². The van der Waals surface area contributed by atoms with Crippen molar-refractivity contribution < 1.29 is 19.5 Å². The van der Waals surface area contributed by atoms with Crippen LogP contribution in [0.2, 0.25) is 0 Å². The molecule has 1 unspecified atom stereocenters. The first-order valence-corrected chi connectivity index (χ1v) is 8.11. The summed E-state index contributed by atoms with van der Waals surface area (Å²) in [6.07, 6.45) is 0. The first-order valence-electron chi connectivity index (χ1n) is 8.11. The summed E-state index contributed by atoms with van der Waals surface area (Å²) in [5.74, 6) is -2.33. The van der Waals surface area contributed by atoms with E-state index < -0.39 is 23.8 Å². The zero-order valence-corrected chi connectivity index (χ0v) is 14.7. The van der Waals surface area contributed by atoms with E-state index in [-0.39, 0.29) is 11.3 Å². The minimum absolute atomic E-state index is 0.0334. The molecule has 0 spiro atoms. The largest absolute Gasteiger partial charge is 0.478 e.